The molecule has 0 aromatic heterocycles. The van der Waals surface area contributed by atoms with Crippen LogP contribution < -0.4 is 10.6 Å². The molecule has 0 bridgehead atoms. The fourth-order valence-electron chi connectivity index (χ4n) is 3.21. The lowest BCUT2D eigenvalue weighted by Crippen LogP contribution is -2.42. The Morgan fingerprint density at radius 1 is 1.00 bits per heavy atom. The van der Waals surface area contributed by atoms with Gasteiger partial charge in [0, 0.05) is 33.3 Å². The standard InChI is InChI=1S/C21H36N4O.HI/c1-22-21(24-14-17-25-15-7-3-8-16-25)23-13-6-9-18-26-19-12-20-10-4-2-5-11-20;/h2,4-5,10-11H,3,6-9,12-19H2,1H3,(H2,22,23,24);1H. The van der Waals surface area contributed by atoms with Crippen molar-refractivity contribution >= 4 is 29.9 Å². The first-order valence-corrected chi connectivity index (χ1v) is 10.2. The lowest BCUT2D eigenvalue weighted by Gasteiger charge is -2.26. The number of benzene rings is 1. The highest BCUT2D eigenvalue weighted by molar-refractivity contribution is 14.0. The summed E-state index contributed by atoms with van der Waals surface area (Å²) < 4.78 is 5.72. The van der Waals surface area contributed by atoms with E-state index in [-0.39, 0.29) is 24.0 Å². The van der Waals surface area contributed by atoms with Gasteiger partial charge < -0.3 is 20.3 Å². The van der Waals surface area contributed by atoms with E-state index < -0.39 is 0 Å². The van der Waals surface area contributed by atoms with Crippen molar-refractivity contribution in [2.24, 2.45) is 4.99 Å². The molecule has 1 fully saturated rings. The van der Waals surface area contributed by atoms with Gasteiger partial charge in [0.2, 0.25) is 0 Å². The first-order valence-electron chi connectivity index (χ1n) is 10.2. The van der Waals surface area contributed by atoms with Gasteiger partial charge in [0.15, 0.2) is 5.96 Å². The molecular weight excluding hydrogens is 451 g/mol. The van der Waals surface area contributed by atoms with Gasteiger partial charge in [-0.15, -0.1) is 24.0 Å². The lowest BCUT2D eigenvalue weighted by atomic mass is 10.1. The summed E-state index contributed by atoms with van der Waals surface area (Å²) in [5, 5.41) is 6.80. The maximum absolute atomic E-state index is 5.72. The first-order chi connectivity index (χ1) is 12.9. The smallest absolute Gasteiger partial charge is 0.191 e. The van der Waals surface area contributed by atoms with Crippen LogP contribution in [0, 0.1) is 0 Å². The van der Waals surface area contributed by atoms with E-state index in [2.05, 4.69) is 44.8 Å². The highest BCUT2D eigenvalue weighted by Crippen LogP contribution is 2.07. The number of hydrogen-bond donors (Lipinski definition) is 2. The second-order valence-electron chi connectivity index (χ2n) is 6.88. The summed E-state index contributed by atoms with van der Waals surface area (Å²) in [6.07, 6.45) is 7.25. The van der Waals surface area contributed by atoms with Crippen LogP contribution in [0.25, 0.3) is 0 Å². The summed E-state index contributed by atoms with van der Waals surface area (Å²) in [6, 6.07) is 10.5. The van der Waals surface area contributed by atoms with E-state index >= 15 is 0 Å². The molecule has 154 valence electrons. The SMILES string of the molecule is CN=C(NCCCCOCCc1ccccc1)NCCN1CCCCC1.I. The minimum Gasteiger partial charge on any atom is -0.381 e. The van der Waals surface area contributed by atoms with Gasteiger partial charge in [0.25, 0.3) is 0 Å². The van der Waals surface area contributed by atoms with Crippen molar-refractivity contribution in [3.8, 4) is 0 Å². The predicted octanol–water partition coefficient (Wildman–Crippen LogP) is 3.29. The molecule has 6 heteroatoms. The zero-order chi connectivity index (χ0) is 18.3. The summed E-state index contributed by atoms with van der Waals surface area (Å²) in [7, 11) is 1.84. The Labute approximate surface area is 182 Å². The molecule has 5 nitrogen and oxygen atoms in total. The van der Waals surface area contributed by atoms with E-state index in [4.69, 9.17) is 4.74 Å². The van der Waals surface area contributed by atoms with Crippen LogP contribution >= 0.6 is 24.0 Å². The molecule has 0 saturated carbocycles. The molecule has 1 heterocycles. The Morgan fingerprint density at radius 3 is 2.48 bits per heavy atom. The van der Waals surface area contributed by atoms with Crippen molar-refractivity contribution in [1.82, 2.24) is 15.5 Å². The van der Waals surface area contributed by atoms with Crippen LogP contribution in [0.2, 0.25) is 0 Å². The van der Waals surface area contributed by atoms with E-state index in [0.717, 1.165) is 58.1 Å². The summed E-state index contributed by atoms with van der Waals surface area (Å²) in [5.41, 5.74) is 1.34. The van der Waals surface area contributed by atoms with E-state index in [1.54, 1.807) is 0 Å². The first kappa shape index (κ1) is 24.2. The number of nitrogens with zero attached hydrogens (tertiary/aromatic N) is 2. The minimum absolute atomic E-state index is 0. The fourth-order valence-corrected chi connectivity index (χ4v) is 3.21. The van der Waals surface area contributed by atoms with Crippen molar-refractivity contribution in [1.29, 1.82) is 0 Å². The van der Waals surface area contributed by atoms with Crippen LogP contribution in [-0.2, 0) is 11.2 Å². The molecule has 1 saturated heterocycles. The van der Waals surface area contributed by atoms with Crippen LogP contribution in [0.4, 0.5) is 0 Å². The van der Waals surface area contributed by atoms with E-state index in [1.807, 2.05) is 13.1 Å². The highest BCUT2D eigenvalue weighted by Gasteiger charge is 2.09. The maximum Gasteiger partial charge on any atom is 0.191 e. The molecule has 0 spiro atoms. The Kier molecular flexibility index (Phi) is 14.4. The third-order valence-corrected chi connectivity index (χ3v) is 4.78. The number of unbranched alkanes of at least 4 members (excludes halogenated alkanes) is 1. The number of guanidine groups is 1. The summed E-state index contributed by atoms with van der Waals surface area (Å²) >= 11 is 0. The molecule has 1 aromatic rings. The summed E-state index contributed by atoms with van der Waals surface area (Å²) in [5.74, 6) is 0.909. The fraction of sp³-hybridized carbons (Fsp3) is 0.667. The van der Waals surface area contributed by atoms with Crippen LogP contribution in [-0.4, -0.2) is 63.8 Å². The average molecular weight is 488 g/mol. The van der Waals surface area contributed by atoms with Gasteiger partial charge in [-0.1, -0.05) is 36.8 Å². The molecule has 1 aliphatic heterocycles. The van der Waals surface area contributed by atoms with Gasteiger partial charge in [-0.25, -0.2) is 0 Å². The number of piperidine rings is 1. The quantitative estimate of drug-likeness (QED) is 0.217. The normalized spacial score (nSPS) is 15.2. The molecule has 0 amide bonds. The number of aliphatic imine (C=N–C) groups is 1. The minimum atomic E-state index is 0. The number of likely N-dealkylation sites (tertiary alicyclic amines) is 1. The summed E-state index contributed by atoms with van der Waals surface area (Å²) in [4.78, 5) is 6.83. The Balaban J connectivity index is 0.00000364. The van der Waals surface area contributed by atoms with Crippen molar-refractivity contribution in [3.05, 3.63) is 35.9 Å². The zero-order valence-corrected chi connectivity index (χ0v) is 19.1. The van der Waals surface area contributed by atoms with E-state index in [0.29, 0.717) is 0 Å². The van der Waals surface area contributed by atoms with Gasteiger partial charge in [0.1, 0.15) is 0 Å². The molecule has 0 aliphatic carbocycles. The molecule has 1 aromatic carbocycles. The summed E-state index contributed by atoms with van der Waals surface area (Å²) in [6.45, 7) is 7.13. The highest BCUT2D eigenvalue weighted by atomic mass is 127. The molecule has 27 heavy (non-hydrogen) atoms. The molecule has 2 rings (SSSR count). The lowest BCUT2D eigenvalue weighted by molar-refractivity contribution is 0.133. The number of nitrogens with one attached hydrogen (secondary N) is 2. The zero-order valence-electron chi connectivity index (χ0n) is 16.8. The molecule has 2 N–H and O–H groups in total. The van der Waals surface area contributed by atoms with Crippen molar-refractivity contribution in [2.75, 3.05) is 53.0 Å². The third kappa shape index (κ3) is 11.5. The van der Waals surface area contributed by atoms with Gasteiger partial charge in [-0.2, -0.15) is 0 Å². The molecule has 0 radical (unpaired) electrons. The van der Waals surface area contributed by atoms with E-state index in [9.17, 15) is 0 Å². The van der Waals surface area contributed by atoms with E-state index in [1.165, 1.54) is 37.9 Å². The average Bonchev–Trinajstić information content (AvgIpc) is 2.70. The third-order valence-electron chi connectivity index (χ3n) is 4.78. The second-order valence-corrected chi connectivity index (χ2v) is 6.88. The molecule has 1 aliphatic rings. The number of rotatable bonds is 11. The molecule has 0 unspecified atom stereocenters. The number of halogens is 1. The predicted molar refractivity (Wildman–Crippen MR) is 125 cm³/mol. The largest absolute Gasteiger partial charge is 0.381 e. The van der Waals surface area contributed by atoms with Crippen LogP contribution in [0.3, 0.4) is 0 Å². The van der Waals surface area contributed by atoms with Crippen LogP contribution in [0.5, 0.6) is 0 Å². The van der Waals surface area contributed by atoms with Crippen molar-refractivity contribution < 1.29 is 4.74 Å². The molecule has 0 atom stereocenters. The topological polar surface area (TPSA) is 48.9 Å². The van der Waals surface area contributed by atoms with Crippen LogP contribution in [0.15, 0.2) is 35.3 Å². The second kappa shape index (κ2) is 16.1. The van der Waals surface area contributed by atoms with Gasteiger partial charge in [-0.05, 0) is 50.8 Å². The number of ether oxygens (including phenoxy) is 1. The van der Waals surface area contributed by atoms with Gasteiger partial charge in [0.05, 0.1) is 6.61 Å². The maximum atomic E-state index is 5.72. The Morgan fingerprint density at radius 2 is 1.74 bits per heavy atom. The Bertz CT molecular complexity index is 492. The van der Waals surface area contributed by atoms with Crippen LogP contribution in [0.1, 0.15) is 37.7 Å². The van der Waals surface area contributed by atoms with Gasteiger partial charge in [-0.3, -0.25) is 4.99 Å². The van der Waals surface area contributed by atoms with Crippen molar-refractivity contribution in [2.45, 2.75) is 38.5 Å². The number of hydrogen-bond acceptors (Lipinski definition) is 3. The Hall–Kier alpha value is -0.860. The molecular formula is C21H37IN4O. The van der Waals surface area contributed by atoms with Crippen molar-refractivity contribution in [3.63, 3.8) is 0 Å². The monoisotopic (exact) mass is 488 g/mol. The van der Waals surface area contributed by atoms with Gasteiger partial charge >= 0.3 is 0 Å².